The molecule has 0 bridgehead atoms. The van der Waals surface area contributed by atoms with Gasteiger partial charge in [-0.2, -0.15) is 0 Å². The molecule has 2 amide bonds. The molecule has 3 rings (SSSR count). The maximum atomic E-state index is 13.8. The zero-order valence-electron chi connectivity index (χ0n) is 22.5. The fourth-order valence-electron chi connectivity index (χ4n) is 4.91. The van der Waals surface area contributed by atoms with E-state index in [4.69, 9.17) is 28.9 Å². The monoisotopic (exact) mass is 569 g/mol. The molecule has 0 aliphatic rings. The Kier molecular flexibility index (Phi) is 11.8. The number of aliphatic hydroxyl groups excluding tert-OH is 1. The molecule has 2 atom stereocenters. The van der Waals surface area contributed by atoms with Gasteiger partial charge in [-0.3, -0.25) is 9.59 Å². The molecule has 39 heavy (non-hydrogen) atoms. The minimum absolute atomic E-state index is 0.163. The Hall–Kier alpha value is -2.90. The zero-order chi connectivity index (χ0) is 28.4. The summed E-state index contributed by atoms with van der Waals surface area (Å²) in [5, 5.41) is 15.9. The minimum Gasteiger partial charge on any atom is -0.391 e. The normalized spacial score (nSPS) is 12.6. The van der Waals surface area contributed by atoms with E-state index in [1.807, 2.05) is 56.3 Å². The Morgan fingerprint density at radius 1 is 0.897 bits per heavy atom. The molecule has 0 saturated carbocycles. The maximum absolute atomic E-state index is 13.8. The lowest BCUT2D eigenvalue weighted by Crippen LogP contribution is -2.37. The van der Waals surface area contributed by atoms with E-state index in [2.05, 4.69) is 5.32 Å². The van der Waals surface area contributed by atoms with Crippen LogP contribution in [0.3, 0.4) is 0 Å². The molecule has 0 fully saturated rings. The van der Waals surface area contributed by atoms with Crippen molar-refractivity contribution in [2.75, 3.05) is 19.6 Å². The number of hydrogen-bond acceptors (Lipinski definition) is 4. The number of nitrogens with zero attached hydrogens (tertiary/aromatic N) is 1. The molecule has 3 aromatic rings. The van der Waals surface area contributed by atoms with E-state index in [9.17, 15) is 14.7 Å². The third-order valence-corrected chi connectivity index (χ3v) is 7.05. The van der Waals surface area contributed by atoms with E-state index < -0.39 is 17.9 Å². The summed E-state index contributed by atoms with van der Waals surface area (Å²) in [7, 11) is 0. The van der Waals surface area contributed by atoms with Crippen LogP contribution in [0.5, 0.6) is 0 Å². The summed E-state index contributed by atoms with van der Waals surface area (Å²) in [5.74, 6) is -1.37. The van der Waals surface area contributed by atoms with Crippen molar-refractivity contribution in [1.29, 1.82) is 0 Å². The average molecular weight is 571 g/mol. The van der Waals surface area contributed by atoms with Gasteiger partial charge in [0.15, 0.2) is 0 Å². The van der Waals surface area contributed by atoms with Gasteiger partial charge in [0.05, 0.1) is 6.10 Å². The molecule has 208 valence electrons. The number of halogens is 2. The lowest BCUT2D eigenvalue weighted by molar-refractivity contribution is 0.0751. The van der Waals surface area contributed by atoms with E-state index in [1.54, 1.807) is 29.2 Å². The van der Waals surface area contributed by atoms with Crippen molar-refractivity contribution >= 4 is 35.0 Å². The second kappa shape index (κ2) is 15.0. The van der Waals surface area contributed by atoms with Gasteiger partial charge >= 0.3 is 0 Å². The second-order valence-electron chi connectivity index (χ2n) is 9.70. The Morgan fingerprint density at radius 3 is 2.10 bits per heavy atom. The summed E-state index contributed by atoms with van der Waals surface area (Å²) >= 11 is 12.3. The van der Waals surface area contributed by atoms with Crippen molar-refractivity contribution in [3.8, 4) is 0 Å². The Balaban J connectivity index is 2.01. The van der Waals surface area contributed by atoms with Crippen molar-refractivity contribution in [3.05, 3.63) is 105 Å². The van der Waals surface area contributed by atoms with Crippen molar-refractivity contribution in [2.24, 2.45) is 5.73 Å². The van der Waals surface area contributed by atoms with Gasteiger partial charge in [0.1, 0.15) is 0 Å². The summed E-state index contributed by atoms with van der Waals surface area (Å²) in [4.78, 5) is 28.3. The third kappa shape index (κ3) is 8.54. The number of benzene rings is 3. The van der Waals surface area contributed by atoms with Gasteiger partial charge in [-0.15, -0.1) is 0 Å². The van der Waals surface area contributed by atoms with Crippen molar-refractivity contribution in [1.82, 2.24) is 10.2 Å². The first kappa shape index (κ1) is 30.6. The Morgan fingerprint density at radius 2 is 1.51 bits per heavy atom. The van der Waals surface area contributed by atoms with Crippen molar-refractivity contribution in [2.45, 2.75) is 51.7 Å². The highest BCUT2D eigenvalue weighted by molar-refractivity contribution is 6.34. The summed E-state index contributed by atoms with van der Waals surface area (Å²) in [6, 6.07) is 20.0. The summed E-state index contributed by atoms with van der Waals surface area (Å²) in [5.41, 5.74) is 8.80. The molecule has 0 aliphatic heterocycles. The second-order valence-corrected chi connectivity index (χ2v) is 10.6. The van der Waals surface area contributed by atoms with Gasteiger partial charge in [-0.05, 0) is 66.3 Å². The van der Waals surface area contributed by atoms with Crippen LogP contribution in [0, 0.1) is 0 Å². The third-order valence-electron chi connectivity index (χ3n) is 6.61. The predicted octanol–water partition coefficient (Wildman–Crippen LogP) is 5.83. The van der Waals surface area contributed by atoms with E-state index in [0.29, 0.717) is 47.2 Å². The van der Waals surface area contributed by atoms with Gasteiger partial charge in [0, 0.05) is 53.3 Å². The highest BCUT2D eigenvalue weighted by atomic mass is 35.5. The average Bonchev–Trinajstić information content (AvgIpc) is 2.90. The Bertz CT molecular complexity index is 1230. The Labute approximate surface area is 241 Å². The number of aliphatic hydroxyl groups is 1. The van der Waals surface area contributed by atoms with Crippen molar-refractivity contribution in [3.63, 3.8) is 0 Å². The van der Waals surface area contributed by atoms with E-state index in [-0.39, 0.29) is 18.0 Å². The number of amides is 2. The molecule has 8 heteroatoms. The quantitative estimate of drug-likeness (QED) is 0.227. The molecular formula is C31H37Cl2N3O3. The predicted molar refractivity (Wildman–Crippen MR) is 159 cm³/mol. The molecule has 3 aromatic carbocycles. The molecule has 0 aliphatic carbocycles. The molecule has 0 spiro atoms. The lowest BCUT2D eigenvalue weighted by Gasteiger charge is -2.30. The molecule has 0 unspecified atom stereocenters. The van der Waals surface area contributed by atoms with Crippen LogP contribution in [-0.2, 0) is 13.0 Å². The minimum atomic E-state index is -0.933. The molecule has 6 nitrogen and oxygen atoms in total. The first-order valence-electron chi connectivity index (χ1n) is 13.3. The number of carbonyl (C=O) groups excluding carboxylic acids is 2. The van der Waals surface area contributed by atoms with Gasteiger partial charge in [-0.25, -0.2) is 0 Å². The molecule has 0 saturated heterocycles. The molecule has 0 aromatic heterocycles. The summed E-state index contributed by atoms with van der Waals surface area (Å²) < 4.78 is 0. The lowest BCUT2D eigenvalue weighted by atomic mass is 9.81. The fourth-order valence-corrected chi connectivity index (χ4v) is 5.48. The number of hydrogen-bond donors (Lipinski definition) is 3. The van der Waals surface area contributed by atoms with Crippen LogP contribution in [0.1, 0.15) is 70.0 Å². The molecule has 0 radical (unpaired) electrons. The van der Waals surface area contributed by atoms with Gasteiger partial charge < -0.3 is 21.1 Å². The maximum Gasteiger partial charge on any atom is 0.254 e. The number of carbonyl (C=O) groups is 2. The number of nitrogens with two attached hydrogens (primary N) is 1. The number of rotatable bonds is 14. The van der Waals surface area contributed by atoms with E-state index in [1.165, 1.54) is 0 Å². The summed E-state index contributed by atoms with van der Waals surface area (Å²) in [6.45, 7) is 5.88. The number of primary amides is 1. The zero-order valence-corrected chi connectivity index (χ0v) is 24.0. The van der Waals surface area contributed by atoms with E-state index in [0.717, 1.165) is 24.0 Å². The molecule has 4 N–H and O–H groups in total. The smallest absolute Gasteiger partial charge is 0.254 e. The standard InChI is InChI=1S/C31H37Cl2N3O3/c1-3-13-36(14-4-2)31(39)26-12-8-11-25(30(34)38)29(26)27(17-21-9-6-5-7-10-21)28(37)20-35-19-22-15-23(32)18-24(33)16-22/h5-12,15-16,18,27-28,35,37H,3-4,13-14,17,19-20H2,1-2H3,(H2,34,38)/t27-,28+/m1/s1. The number of nitrogens with one attached hydrogen (secondary N) is 1. The van der Waals surface area contributed by atoms with Crippen LogP contribution < -0.4 is 11.1 Å². The van der Waals surface area contributed by atoms with Gasteiger partial charge in [-0.1, -0.05) is 73.4 Å². The van der Waals surface area contributed by atoms with Gasteiger partial charge in [0.2, 0.25) is 5.91 Å². The van der Waals surface area contributed by atoms with E-state index >= 15 is 0 Å². The highest BCUT2D eigenvalue weighted by Gasteiger charge is 2.31. The fraction of sp³-hybridized carbons (Fsp3) is 0.355. The SMILES string of the molecule is CCCN(CCC)C(=O)c1cccc(C(N)=O)c1[C@H](Cc1ccccc1)[C@@H](O)CNCc1cc(Cl)cc(Cl)c1. The van der Waals surface area contributed by atoms with Crippen LogP contribution in [-0.4, -0.2) is 47.6 Å². The topological polar surface area (TPSA) is 95.7 Å². The molecular weight excluding hydrogens is 533 g/mol. The van der Waals surface area contributed by atoms with Crippen molar-refractivity contribution < 1.29 is 14.7 Å². The van der Waals surface area contributed by atoms with Gasteiger partial charge in [0.25, 0.3) is 5.91 Å². The molecule has 0 heterocycles. The van der Waals surface area contributed by atoms with Crippen LogP contribution in [0.2, 0.25) is 10.0 Å². The highest BCUT2D eigenvalue weighted by Crippen LogP contribution is 2.32. The van der Waals surface area contributed by atoms with Crippen LogP contribution in [0.25, 0.3) is 0 Å². The first-order chi connectivity index (χ1) is 18.7. The van der Waals surface area contributed by atoms with Crippen LogP contribution in [0.15, 0.2) is 66.7 Å². The first-order valence-corrected chi connectivity index (χ1v) is 14.1. The summed E-state index contributed by atoms with van der Waals surface area (Å²) in [6.07, 6.45) is 1.10. The van der Waals surface area contributed by atoms with Crippen LogP contribution in [0.4, 0.5) is 0 Å². The van der Waals surface area contributed by atoms with Crippen LogP contribution >= 0.6 is 23.2 Å². The largest absolute Gasteiger partial charge is 0.391 e.